The van der Waals surface area contributed by atoms with E-state index in [2.05, 4.69) is 35.1 Å². The Bertz CT molecular complexity index is 1230. The highest BCUT2D eigenvalue weighted by molar-refractivity contribution is 8.00. The number of piperazine rings is 1. The zero-order valence-electron chi connectivity index (χ0n) is 21.2. The molecule has 228 valence electrons. The Labute approximate surface area is 259 Å². The normalized spacial score (nSPS) is 20.1. The first-order valence-electron chi connectivity index (χ1n) is 11.1. The fourth-order valence-electron chi connectivity index (χ4n) is 3.85. The van der Waals surface area contributed by atoms with Crippen LogP contribution in [0.5, 0.6) is 0 Å². The molecule has 0 aliphatic carbocycles. The van der Waals surface area contributed by atoms with Crippen molar-refractivity contribution in [2.24, 2.45) is 10.3 Å². The average molecular weight is 679 g/mol. The second-order valence-corrected chi connectivity index (χ2v) is 9.89. The summed E-state index contributed by atoms with van der Waals surface area (Å²) in [4.78, 5) is 48.9. The van der Waals surface area contributed by atoms with Gasteiger partial charge in [0.1, 0.15) is 17.1 Å². The Hall–Kier alpha value is -2.97. The number of nitrogens with two attached hydrogens (primary N) is 1. The smallest absolute Gasteiger partial charge is 0.353 e. The molecule has 2 amide bonds. The molecule has 41 heavy (non-hydrogen) atoms. The summed E-state index contributed by atoms with van der Waals surface area (Å²) in [7, 11) is 1.58. The third-order valence-electron chi connectivity index (χ3n) is 5.67. The van der Waals surface area contributed by atoms with Crippen LogP contribution < -0.4 is 16.4 Å². The zero-order valence-corrected chi connectivity index (χ0v) is 25.3. The highest BCUT2D eigenvalue weighted by Gasteiger charge is 2.54. The van der Waals surface area contributed by atoms with Crippen molar-refractivity contribution in [1.29, 1.82) is 5.41 Å². The van der Waals surface area contributed by atoms with Gasteiger partial charge in [0.25, 0.3) is 18.7 Å². The number of fused-ring (bicyclic) bond motifs is 1. The molecular weight excluding hydrogens is 652 g/mol. The van der Waals surface area contributed by atoms with Crippen molar-refractivity contribution in [3.8, 4) is 0 Å². The van der Waals surface area contributed by atoms with Gasteiger partial charge in [-0.05, 0) is 0 Å². The number of nitrogens with zero attached hydrogens (tertiary/aromatic N) is 7. The molecule has 0 bridgehead atoms. The Morgan fingerprint density at radius 2 is 2.05 bits per heavy atom. The van der Waals surface area contributed by atoms with Gasteiger partial charge in [0.2, 0.25) is 17.5 Å². The summed E-state index contributed by atoms with van der Waals surface area (Å²) in [6.07, 6.45) is 1.32. The summed E-state index contributed by atoms with van der Waals surface area (Å²) in [5, 5.41) is 32.1. The van der Waals surface area contributed by atoms with Crippen LogP contribution in [0.25, 0.3) is 0 Å². The summed E-state index contributed by atoms with van der Waals surface area (Å²) in [5.74, 6) is -2.80. The minimum Gasteiger partial charge on any atom is -0.477 e. The topological polar surface area (TPSA) is 215 Å². The fraction of sp³-hybridized carbons (Fsp3) is 0.474. The lowest BCUT2D eigenvalue weighted by atomic mass is 10.0. The Balaban J connectivity index is 0.00000280. The molecule has 0 unspecified atom stereocenters. The van der Waals surface area contributed by atoms with Crippen molar-refractivity contribution in [2.45, 2.75) is 11.4 Å². The number of nitrogens with one attached hydrogen (secondary N) is 3. The number of hydrazone groups is 1. The number of oxime groups is 1. The number of thioether (sulfide) groups is 1. The molecule has 0 saturated carbocycles. The molecule has 3 aliphatic rings. The number of amides is 2. The summed E-state index contributed by atoms with van der Waals surface area (Å²) in [5.41, 5.74) is 5.06. The first-order valence-corrected chi connectivity index (χ1v) is 12.9. The van der Waals surface area contributed by atoms with Gasteiger partial charge in [0.05, 0.1) is 6.21 Å². The van der Waals surface area contributed by atoms with E-state index in [-0.39, 0.29) is 71.2 Å². The highest BCUT2D eigenvalue weighted by atomic mass is 35.5. The first-order chi connectivity index (χ1) is 18.2. The largest absolute Gasteiger partial charge is 0.477 e. The van der Waals surface area contributed by atoms with E-state index < -0.39 is 41.8 Å². The lowest BCUT2D eigenvalue weighted by molar-refractivity contribution is -0.150. The van der Waals surface area contributed by atoms with E-state index in [9.17, 15) is 23.9 Å². The zero-order chi connectivity index (χ0) is 27.4. The molecule has 16 nitrogen and oxygen atoms in total. The summed E-state index contributed by atoms with van der Waals surface area (Å²) >= 11 is 2.00. The second-order valence-electron chi connectivity index (χ2n) is 8.00. The van der Waals surface area contributed by atoms with E-state index in [4.69, 9.17) is 11.1 Å². The molecule has 4 heterocycles. The van der Waals surface area contributed by atoms with Crippen LogP contribution in [0.15, 0.2) is 21.5 Å². The van der Waals surface area contributed by atoms with Crippen molar-refractivity contribution in [1.82, 2.24) is 34.8 Å². The number of hydrogen-bond donors (Lipinski definition) is 5. The number of rotatable bonds is 8. The molecule has 0 aromatic carbocycles. The van der Waals surface area contributed by atoms with Gasteiger partial charge in [-0.3, -0.25) is 19.9 Å². The summed E-state index contributed by atoms with van der Waals surface area (Å²) in [6.45, 7) is 1.46. The lowest BCUT2D eigenvalue weighted by Gasteiger charge is -2.49. The lowest BCUT2D eigenvalue weighted by Crippen LogP contribution is -2.71. The van der Waals surface area contributed by atoms with Crippen molar-refractivity contribution >= 4 is 101 Å². The number of aromatic nitrogens is 2. The van der Waals surface area contributed by atoms with Crippen LogP contribution in [0.3, 0.4) is 0 Å². The maximum Gasteiger partial charge on any atom is 0.353 e. The molecule has 2 saturated heterocycles. The number of halogens is 4. The number of carbonyl (C=O) groups excluding carboxylic acids is 2. The van der Waals surface area contributed by atoms with Crippen LogP contribution in [0.2, 0.25) is 0 Å². The molecule has 1 aromatic heterocycles. The van der Waals surface area contributed by atoms with E-state index in [1.165, 1.54) is 23.0 Å². The van der Waals surface area contributed by atoms with Gasteiger partial charge in [-0.2, -0.15) is 14.5 Å². The van der Waals surface area contributed by atoms with E-state index in [1.54, 1.807) is 7.05 Å². The van der Waals surface area contributed by atoms with Gasteiger partial charge in [-0.25, -0.2) is 14.2 Å². The van der Waals surface area contributed by atoms with Crippen molar-refractivity contribution < 1.29 is 28.7 Å². The maximum absolute atomic E-state index is 12.9. The predicted molar refractivity (Wildman–Crippen MR) is 158 cm³/mol. The fourth-order valence-corrected chi connectivity index (χ4v) is 5.58. The Kier molecular flexibility index (Phi) is 14.0. The van der Waals surface area contributed by atoms with Gasteiger partial charge >= 0.3 is 5.97 Å². The van der Waals surface area contributed by atoms with E-state index >= 15 is 0 Å². The number of carboxylic acids is 1. The van der Waals surface area contributed by atoms with Gasteiger partial charge in [-0.1, -0.05) is 5.16 Å². The van der Waals surface area contributed by atoms with Gasteiger partial charge < -0.3 is 31.2 Å². The molecule has 22 heteroatoms. The molecule has 1 aromatic rings. The van der Waals surface area contributed by atoms with Crippen LogP contribution in [-0.4, -0.2) is 122 Å². The van der Waals surface area contributed by atoms with Crippen molar-refractivity contribution in [3.63, 3.8) is 0 Å². The quantitative estimate of drug-likeness (QED) is 0.102. The number of anilines is 1. The van der Waals surface area contributed by atoms with Crippen LogP contribution in [0.1, 0.15) is 5.82 Å². The molecule has 2 atom stereocenters. The molecule has 0 spiro atoms. The third-order valence-corrected chi connectivity index (χ3v) is 7.51. The SMILES string of the molecule is CN(/N=C/C1=C(C(=O)O)N2C(=O)[C@@H](NC(=O)/C(=N\OCF)c3nsc(N)n3)[C@H]2SC1)C(=N)N1CCNCC1.Cl.Cl.Cl. The molecule has 2 fully saturated rings. The molecule has 3 aliphatic heterocycles. The predicted octanol–water partition coefficient (Wildman–Crippen LogP) is -0.470. The minimum atomic E-state index is -1.34. The van der Waals surface area contributed by atoms with Gasteiger partial charge in [0.15, 0.2) is 5.13 Å². The van der Waals surface area contributed by atoms with Crippen molar-refractivity contribution in [3.05, 3.63) is 17.1 Å². The summed E-state index contributed by atoms with van der Waals surface area (Å²) < 4.78 is 16.3. The number of carboxylic acid groups (broad SMARTS) is 1. The van der Waals surface area contributed by atoms with Crippen LogP contribution in [-0.2, 0) is 19.2 Å². The van der Waals surface area contributed by atoms with Crippen LogP contribution >= 0.6 is 60.5 Å². The van der Waals surface area contributed by atoms with E-state index in [1.807, 2.05) is 4.90 Å². The molecule has 0 radical (unpaired) electrons. The monoisotopic (exact) mass is 677 g/mol. The number of β-lactam (4-membered cyclic amide) rings is 1. The van der Waals surface area contributed by atoms with Gasteiger partial charge in [0, 0.05) is 56.1 Å². The number of hydrogen-bond acceptors (Lipinski definition) is 13. The number of nitrogen functional groups attached to an aromatic ring is 1. The second kappa shape index (κ2) is 15.9. The van der Waals surface area contributed by atoms with E-state index in [0.29, 0.717) is 13.1 Å². The van der Waals surface area contributed by atoms with Crippen LogP contribution in [0.4, 0.5) is 9.52 Å². The van der Waals surface area contributed by atoms with Gasteiger partial charge in [-0.15, -0.1) is 49.0 Å². The number of guanidine groups is 1. The number of carbonyl (C=O) groups is 3. The summed E-state index contributed by atoms with van der Waals surface area (Å²) in [6, 6.07) is -1.09. The average Bonchev–Trinajstić information content (AvgIpc) is 3.35. The van der Waals surface area contributed by atoms with Crippen molar-refractivity contribution in [2.75, 3.05) is 51.6 Å². The minimum absolute atomic E-state index is 0. The Morgan fingerprint density at radius 3 is 2.63 bits per heavy atom. The Morgan fingerprint density at radius 1 is 1.37 bits per heavy atom. The van der Waals surface area contributed by atoms with E-state index in [0.717, 1.165) is 29.5 Å². The molecular formula is C19H27Cl3FN11O5S2. The standard InChI is InChI=1S/C19H24FN11O5S2.3ClH/c1-29(19(22)30-4-2-23-3-5-30)24-6-9-7-37-16-11(15(33)31(16)12(9)17(34)35)25-14(32)10(27-36-8-20)13-26-18(21)38-28-13;;;/h6,11,16,22-23H,2-5,7-8H2,1H3,(H,25,32)(H,34,35)(H2,21,26,28);3*1H/b22-19?,24-6+,27-10-;;;/t11-,16-;;;/m1.../s1. The highest BCUT2D eigenvalue weighted by Crippen LogP contribution is 2.40. The maximum atomic E-state index is 12.9. The molecule has 4 rings (SSSR count). The number of alkyl halides is 1. The molecule has 6 N–H and O–H groups in total. The first kappa shape index (κ1) is 36.1. The number of aliphatic carboxylic acids is 1. The van der Waals surface area contributed by atoms with Crippen LogP contribution in [0, 0.1) is 5.41 Å². The third kappa shape index (κ3) is 7.86.